The first-order chi connectivity index (χ1) is 14.1. The van der Waals surface area contributed by atoms with Crippen molar-refractivity contribution in [1.29, 1.82) is 0 Å². The summed E-state index contributed by atoms with van der Waals surface area (Å²) in [5, 5.41) is 5.89. The molecule has 10 heteroatoms. The number of carbonyl (C=O) groups excluding carboxylic acids is 2. The Bertz CT molecular complexity index is 720. The second-order valence-corrected chi connectivity index (χ2v) is 9.37. The highest BCUT2D eigenvalue weighted by Crippen LogP contribution is 2.19. The second kappa shape index (κ2) is 14.1. The van der Waals surface area contributed by atoms with Crippen molar-refractivity contribution in [2.24, 2.45) is 7.05 Å². The topological polar surface area (TPSA) is 84.8 Å². The number of aromatic nitrogens is 4. The number of nitrogens with one attached hydrogen (secondary N) is 2. The summed E-state index contributed by atoms with van der Waals surface area (Å²) in [5.74, 6) is 1.93. The van der Waals surface area contributed by atoms with E-state index in [-0.39, 0.29) is 11.8 Å². The van der Waals surface area contributed by atoms with E-state index in [0.717, 1.165) is 37.4 Å². The first-order valence-corrected chi connectivity index (χ1v) is 12.4. The number of hydrogen-bond acceptors (Lipinski definition) is 5. The summed E-state index contributed by atoms with van der Waals surface area (Å²) in [7, 11) is 5.42. The predicted octanol–water partition coefficient (Wildman–Crippen LogP) is 1.38. The van der Waals surface area contributed by atoms with Crippen molar-refractivity contribution in [3.05, 3.63) is 37.4 Å². The Morgan fingerprint density at radius 1 is 0.966 bits per heavy atom. The number of nitrogens with zero attached hydrogens (tertiary/aromatic N) is 4. The summed E-state index contributed by atoms with van der Waals surface area (Å²) in [6, 6.07) is 0. The molecule has 8 nitrogen and oxygen atoms in total. The highest BCUT2D eigenvalue weighted by molar-refractivity contribution is 8.76. The van der Waals surface area contributed by atoms with Gasteiger partial charge in [0, 0.05) is 56.4 Å². The maximum absolute atomic E-state index is 11.8. The molecule has 160 valence electrons. The molecule has 0 radical (unpaired) electrons. The molecule has 0 spiro atoms. The Hall–Kier alpha value is -1.94. The van der Waals surface area contributed by atoms with Crippen LogP contribution < -0.4 is 15.2 Å². The molecule has 2 aromatic rings. The molecule has 0 aliphatic carbocycles. The second-order valence-electron chi connectivity index (χ2n) is 6.67. The van der Waals surface area contributed by atoms with E-state index in [2.05, 4.69) is 20.2 Å². The third-order valence-electron chi connectivity index (χ3n) is 4.12. The van der Waals surface area contributed by atoms with Crippen molar-refractivity contribution >= 4 is 33.4 Å². The molecule has 0 atom stereocenters. The van der Waals surface area contributed by atoms with Crippen LogP contribution in [0, 0.1) is 0 Å². The van der Waals surface area contributed by atoms with Crippen molar-refractivity contribution in [1.82, 2.24) is 24.8 Å². The summed E-state index contributed by atoms with van der Waals surface area (Å²) in [5.41, 5.74) is 0. The van der Waals surface area contributed by atoms with E-state index in [1.807, 2.05) is 41.1 Å². The van der Waals surface area contributed by atoms with Gasteiger partial charge in [0.05, 0.1) is 19.9 Å². The van der Waals surface area contributed by atoms with Crippen molar-refractivity contribution in [2.75, 3.05) is 24.6 Å². The lowest BCUT2D eigenvalue weighted by molar-refractivity contribution is -0.671. The van der Waals surface area contributed by atoms with E-state index in [1.54, 1.807) is 34.1 Å². The summed E-state index contributed by atoms with van der Waals surface area (Å²) in [6.07, 6.45) is 14.1. The van der Waals surface area contributed by atoms with Crippen LogP contribution in [-0.2, 0) is 29.7 Å². The largest absolute Gasteiger partial charge is 0.355 e. The zero-order valence-corrected chi connectivity index (χ0v) is 18.6. The molecule has 2 aromatic heterocycles. The van der Waals surface area contributed by atoms with E-state index in [1.165, 1.54) is 0 Å². The molecule has 0 saturated carbocycles. The van der Waals surface area contributed by atoms with Crippen LogP contribution in [-0.4, -0.2) is 50.5 Å². The fourth-order valence-electron chi connectivity index (χ4n) is 2.66. The molecule has 0 fully saturated rings. The molecule has 2 rings (SSSR count). The van der Waals surface area contributed by atoms with Crippen LogP contribution >= 0.6 is 21.6 Å². The normalized spacial score (nSPS) is 10.8. The minimum absolute atomic E-state index is 0.0941. The highest BCUT2D eigenvalue weighted by Gasteiger charge is 2.04. The molecule has 0 aliphatic rings. The van der Waals surface area contributed by atoms with Gasteiger partial charge in [-0.05, 0) is 12.8 Å². The monoisotopic (exact) mass is 439 g/mol. The fourth-order valence-corrected chi connectivity index (χ4v) is 4.47. The van der Waals surface area contributed by atoms with Crippen LogP contribution in [0.25, 0.3) is 0 Å². The molecule has 2 amide bonds. The Labute approximate surface area is 180 Å². The van der Waals surface area contributed by atoms with Gasteiger partial charge in [-0.15, -0.1) is 0 Å². The molecule has 2 heterocycles. The highest BCUT2D eigenvalue weighted by atomic mass is 33.1. The Morgan fingerprint density at radius 3 is 2.10 bits per heavy atom. The Kier molecular flexibility index (Phi) is 11.4. The Morgan fingerprint density at radius 2 is 1.59 bits per heavy atom. The van der Waals surface area contributed by atoms with E-state index < -0.39 is 0 Å². The summed E-state index contributed by atoms with van der Waals surface area (Å²) < 4.78 is 6.04. The van der Waals surface area contributed by atoms with E-state index in [0.29, 0.717) is 25.9 Å². The third kappa shape index (κ3) is 11.0. The Balaban J connectivity index is 1.34. The quantitative estimate of drug-likeness (QED) is 0.249. The van der Waals surface area contributed by atoms with Gasteiger partial charge >= 0.3 is 0 Å². The minimum Gasteiger partial charge on any atom is -0.355 e. The first-order valence-electron chi connectivity index (χ1n) is 9.88. The van der Waals surface area contributed by atoms with Gasteiger partial charge in [0.2, 0.25) is 18.1 Å². The van der Waals surface area contributed by atoms with Crippen molar-refractivity contribution in [3.8, 4) is 0 Å². The molecule has 0 saturated heterocycles. The number of aryl methyl sites for hydroxylation is 3. The lowest BCUT2D eigenvalue weighted by Crippen LogP contribution is -2.26. The van der Waals surface area contributed by atoms with Gasteiger partial charge < -0.3 is 15.2 Å². The van der Waals surface area contributed by atoms with E-state index in [9.17, 15) is 9.59 Å². The third-order valence-corrected chi connectivity index (χ3v) is 6.53. The van der Waals surface area contributed by atoms with Crippen molar-refractivity contribution < 1.29 is 14.2 Å². The van der Waals surface area contributed by atoms with Crippen LogP contribution in [0.2, 0.25) is 0 Å². The van der Waals surface area contributed by atoms with Gasteiger partial charge in [0.25, 0.3) is 0 Å². The maximum Gasteiger partial charge on any atom is 0.243 e. The van der Waals surface area contributed by atoms with Crippen LogP contribution in [0.4, 0.5) is 0 Å². The lowest BCUT2D eigenvalue weighted by atomic mass is 10.3. The van der Waals surface area contributed by atoms with Gasteiger partial charge in [-0.2, -0.15) is 0 Å². The lowest BCUT2D eigenvalue weighted by Gasteiger charge is -2.06. The van der Waals surface area contributed by atoms with Crippen LogP contribution in [0.1, 0.15) is 25.7 Å². The average molecular weight is 440 g/mol. The molecular weight excluding hydrogens is 408 g/mol. The molecular formula is C19H31N6O2S2+. The van der Waals surface area contributed by atoms with Gasteiger partial charge in [-0.25, -0.2) is 14.1 Å². The molecule has 0 unspecified atom stereocenters. The summed E-state index contributed by atoms with van der Waals surface area (Å²) in [4.78, 5) is 27.6. The fraction of sp³-hybridized carbons (Fsp3) is 0.579. The molecule has 0 aromatic carbocycles. The van der Waals surface area contributed by atoms with Gasteiger partial charge in [0.15, 0.2) is 0 Å². The number of rotatable bonds is 15. The molecule has 2 N–H and O–H groups in total. The van der Waals surface area contributed by atoms with Gasteiger partial charge in [-0.1, -0.05) is 21.6 Å². The van der Waals surface area contributed by atoms with Crippen molar-refractivity contribution in [2.45, 2.75) is 38.8 Å². The summed E-state index contributed by atoms with van der Waals surface area (Å²) in [6.45, 7) is 3.02. The zero-order valence-electron chi connectivity index (χ0n) is 17.0. The van der Waals surface area contributed by atoms with E-state index >= 15 is 0 Å². The van der Waals surface area contributed by atoms with Gasteiger partial charge in [-0.3, -0.25) is 9.59 Å². The van der Waals surface area contributed by atoms with Crippen LogP contribution in [0.15, 0.2) is 37.4 Å². The number of imidazole rings is 2. The van der Waals surface area contributed by atoms with Gasteiger partial charge in [0.1, 0.15) is 12.4 Å². The molecule has 29 heavy (non-hydrogen) atoms. The predicted molar refractivity (Wildman–Crippen MR) is 117 cm³/mol. The molecule has 0 bridgehead atoms. The van der Waals surface area contributed by atoms with Crippen LogP contribution in [0.3, 0.4) is 0 Å². The SMILES string of the molecule is C[n+]1ccn(CCCC(=O)NCCSSCCNC(=O)CCCn2ccnc2)c1. The summed E-state index contributed by atoms with van der Waals surface area (Å²) >= 11 is 0. The number of carbonyl (C=O) groups is 2. The van der Waals surface area contributed by atoms with Crippen molar-refractivity contribution in [3.63, 3.8) is 0 Å². The number of amides is 2. The maximum atomic E-state index is 11.8. The zero-order chi connectivity index (χ0) is 20.7. The number of hydrogen-bond donors (Lipinski definition) is 2. The minimum atomic E-state index is 0.0941. The first kappa shape index (κ1) is 23.3. The smallest absolute Gasteiger partial charge is 0.243 e. The average Bonchev–Trinajstić information content (AvgIpc) is 3.35. The standard InChI is InChI=1S/C19H30N6O2S2/c1-23-12-13-25(17-23)10-3-5-19(27)22-8-15-29-28-14-7-21-18(26)4-2-9-24-11-6-20-16-24/h6,11-13,16-17H,2-5,7-10,14-15H2,1H3,(H-,21,22,26,27)/p+1. The van der Waals surface area contributed by atoms with E-state index in [4.69, 9.17) is 0 Å². The molecule has 0 aliphatic heterocycles. The van der Waals surface area contributed by atoms with Crippen LogP contribution in [0.5, 0.6) is 0 Å².